The molecule has 0 aliphatic rings. The number of hydrogen-bond acceptors (Lipinski definition) is 1. The number of rotatable bonds is 2. The fraction of sp³-hybridized carbons (Fsp3) is 0.143. The van der Waals surface area contributed by atoms with Gasteiger partial charge in [-0.05, 0) is 53.1 Å². The van der Waals surface area contributed by atoms with Crippen molar-refractivity contribution in [2.45, 2.75) is 13.8 Å². The van der Waals surface area contributed by atoms with Crippen LogP contribution in [0.4, 0.5) is 11.4 Å². The van der Waals surface area contributed by atoms with Crippen molar-refractivity contribution in [3.05, 3.63) is 59.7 Å². The predicted octanol–water partition coefficient (Wildman–Crippen LogP) is 4.23. The molecule has 0 saturated carbocycles. The first-order chi connectivity index (χ1) is 7.66. The van der Waals surface area contributed by atoms with Gasteiger partial charge in [0.05, 0.1) is 0 Å². The first kappa shape index (κ1) is 11.2. The van der Waals surface area contributed by atoms with Crippen LogP contribution in [0.3, 0.4) is 0 Å². The van der Waals surface area contributed by atoms with Gasteiger partial charge in [-0.1, -0.05) is 29.8 Å². The molecule has 2 heteroatoms. The number of anilines is 2. The molecule has 1 unspecified atom stereocenters. The Labute approximate surface area is 99.4 Å². The third kappa shape index (κ3) is 2.43. The molecule has 0 radical (unpaired) electrons. The van der Waals surface area contributed by atoms with Crippen LogP contribution in [-0.2, 0) is 0 Å². The molecule has 0 spiro atoms. The molecule has 1 atom stereocenters. The lowest BCUT2D eigenvalue weighted by Crippen LogP contribution is -2.00. The van der Waals surface area contributed by atoms with E-state index >= 15 is 0 Å². The minimum atomic E-state index is 1.18. The summed E-state index contributed by atoms with van der Waals surface area (Å²) in [4.78, 5) is 0. The smallest absolute Gasteiger partial charge is 0.0444 e. The number of aryl methyl sites for hydroxylation is 2. The lowest BCUT2D eigenvalue weighted by Gasteiger charge is -2.19. The second kappa shape index (κ2) is 4.67. The van der Waals surface area contributed by atoms with E-state index in [1.165, 1.54) is 22.5 Å². The predicted molar refractivity (Wildman–Crippen MR) is 74.2 cm³/mol. The van der Waals surface area contributed by atoms with Crippen LogP contribution in [0.25, 0.3) is 0 Å². The van der Waals surface area contributed by atoms with Gasteiger partial charge >= 0.3 is 0 Å². The van der Waals surface area contributed by atoms with Gasteiger partial charge in [-0.3, -0.25) is 0 Å². The van der Waals surface area contributed by atoms with Gasteiger partial charge in [-0.15, -0.1) is 0 Å². The van der Waals surface area contributed by atoms with Crippen LogP contribution in [-0.4, -0.2) is 0 Å². The Hall–Kier alpha value is -1.33. The van der Waals surface area contributed by atoms with Crippen LogP contribution in [0, 0.1) is 13.8 Å². The maximum absolute atomic E-state index is 2.76. The molecule has 2 aromatic carbocycles. The largest absolute Gasteiger partial charge is 0.326 e. The van der Waals surface area contributed by atoms with Gasteiger partial charge in [-0.2, -0.15) is 0 Å². The second-order valence-corrected chi connectivity index (χ2v) is 4.56. The lowest BCUT2D eigenvalue weighted by molar-refractivity contribution is 1.37. The van der Waals surface area contributed by atoms with Gasteiger partial charge in [-0.25, -0.2) is 0 Å². The zero-order valence-electron chi connectivity index (χ0n) is 9.64. The van der Waals surface area contributed by atoms with Crippen molar-refractivity contribution >= 4 is 20.8 Å². The van der Waals surface area contributed by atoms with Gasteiger partial charge in [0.15, 0.2) is 0 Å². The Morgan fingerprint density at radius 3 is 2.12 bits per heavy atom. The first-order valence-corrected chi connectivity index (χ1v) is 5.86. The molecule has 82 valence electrons. The summed E-state index contributed by atoms with van der Waals surface area (Å²) in [7, 11) is 2.76. The van der Waals surface area contributed by atoms with E-state index in [0.29, 0.717) is 0 Å². The van der Waals surface area contributed by atoms with E-state index < -0.39 is 0 Å². The monoisotopic (exact) mass is 229 g/mol. The Kier molecular flexibility index (Phi) is 3.26. The fourth-order valence-corrected chi connectivity index (χ4v) is 1.96. The maximum Gasteiger partial charge on any atom is 0.0444 e. The first-order valence-electron chi connectivity index (χ1n) is 5.35. The minimum absolute atomic E-state index is 1.18. The highest BCUT2D eigenvalue weighted by Crippen LogP contribution is 2.29. The van der Waals surface area contributed by atoms with Crippen LogP contribution in [0.1, 0.15) is 11.1 Å². The van der Waals surface area contributed by atoms with E-state index in [1.807, 2.05) is 0 Å². The number of hydrogen-bond donors (Lipinski definition) is 0. The number of benzene rings is 2. The Balaban J connectivity index is 2.31. The number of nitrogens with zero attached hydrogens (tertiary/aromatic N) is 1. The average molecular weight is 229 g/mol. The lowest BCUT2D eigenvalue weighted by atomic mass is 10.2. The van der Waals surface area contributed by atoms with E-state index in [0.717, 1.165) is 0 Å². The van der Waals surface area contributed by atoms with Crippen molar-refractivity contribution in [2.75, 3.05) is 4.67 Å². The van der Waals surface area contributed by atoms with Gasteiger partial charge in [0.2, 0.25) is 0 Å². The summed E-state index contributed by atoms with van der Waals surface area (Å²) in [6.07, 6.45) is 0. The third-order valence-electron chi connectivity index (χ3n) is 2.59. The van der Waals surface area contributed by atoms with Crippen molar-refractivity contribution in [2.24, 2.45) is 0 Å². The Morgan fingerprint density at radius 1 is 0.812 bits per heavy atom. The van der Waals surface area contributed by atoms with Crippen LogP contribution in [0.15, 0.2) is 48.5 Å². The fourth-order valence-electron chi connectivity index (χ4n) is 1.63. The molecule has 0 heterocycles. The quantitative estimate of drug-likeness (QED) is 0.696. The van der Waals surface area contributed by atoms with E-state index in [2.05, 4.69) is 76.4 Å². The molecule has 0 N–H and O–H groups in total. The van der Waals surface area contributed by atoms with Crippen LogP contribution >= 0.6 is 9.39 Å². The molecule has 0 aliphatic carbocycles. The van der Waals surface area contributed by atoms with Gasteiger partial charge in [0, 0.05) is 11.4 Å². The molecule has 0 bridgehead atoms. The molecule has 1 nitrogen and oxygen atoms in total. The normalized spacial score (nSPS) is 10.2. The zero-order valence-corrected chi connectivity index (χ0v) is 10.8. The summed E-state index contributed by atoms with van der Waals surface area (Å²) in [6.45, 7) is 4.21. The standard InChI is InChI=1S/C14H16NP/c1-11-6-8-13(9-7-11)15(16)14-5-3-4-12(2)10-14/h3-10H,16H2,1-2H3. The Bertz CT molecular complexity index is 476. The molecule has 0 aromatic heterocycles. The topological polar surface area (TPSA) is 3.24 Å². The average Bonchev–Trinajstić information content (AvgIpc) is 2.29. The third-order valence-corrected chi connectivity index (χ3v) is 3.19. The zero-order chi connectivity index (χ0) is 11.5. The van der Waals surface area contributed by atoms with Gasteiger partial charge in [0.1, 0.15) is 0 Å². The van der Waals surface area contributed by atoms with E-state index in [4.69, 9.17) is 0 Å². The molecule has 16 heavy (non-hydrogen) atoms. The Morgan fingerprint density at radius 2 is 1.50 bits per heavy atom. The van der Waals surface area contributed by atoms with Crippen LogP contribution in [0.2, 0.25) is 0 Å². The molecular weight excluding hydrogens is 213 g/mol. The summed E-state index contributed by atoms with van der Waals surface area (Å²) in [5.41, 5.74) is 4.93. The molecular formula is C14H16NP. The summed E-state index contributed by atoms with van der Waals surface area (Å²) in [5.74, 6) is 0. The molecule has 2 aromatic rings. The van der Waals surface area contributed by atoms with Gasteiger partial charge < -0.3 is 4.67 Å². The van der Waals surface area contributed by atoms with Crippen molar-refractivity contribution in [3.8, 4) is 0 Å². The molecule has 0 aliphatic heterocycles. The molecule has 0 saturated heterocycles. The van der Waals surface area contributed by atoms with E-state index in [9.17, 15) is 0 Å². The summed E-state index contributed by atoms with van der Waals surface area (Å²) in [6, 6.07) is 17.0. The van der Waals surface area contributed by atoms with E-state index in [-0.39, 0.29) is 0 Å². The molecule has 0 fully saturated rings. The van der Waals surface area contributed by atoms with Crippen molar-refractivity contribution in [1.29, 1.82) is 0 Å². The maximum atomic E-state index is 2.76. The van der Waals surface area contributed by atoms with E-state index in [1.54, 1.807) is 0 Å². The highest BCUT2D eigenvalue weighted by Gasteiger charge is 2.03. The summed E-state index contributed by atoms with van der Waals surface area (Å²) >= 11 is 0. The van der Waals surface area contributed by atoms with Crippen molar-refractivity contribution < 1.29 is 0 Å². The molecule has 0 amide bonds. The van der Waals surface area contributed by atoms with Crippen molar-refractivity contribution in [1.82, 2.24) is 0 Å². The van der Waals surface area contributed by atoms with Gasteiger partial charge in [0.25, 0.3) is 0 Å². The summed E-state index contributed by atoms with van der Waals surface area (Å²) < 4.78 is 2.12. The second-order valence-electron chi connectivity index (χ2n) is 4.04. The molecule has 2 rings (SSSR count). The SMILES string of the molecule is Cc1ccc(N(P)c2cccc(C)c2)cc1. The van der Waals surface area contributed by atoms with Crippen LogP contribution in [0.5, 0.6) is 0 Å². The van der Waals surface area contributed by atoms with Crippen LogP contribution < -0.4 is 4.67 Å². The highest BCUT2D eigenvalue weighted by atomic mass is 31.0. The minimum Gasteiger partial charge on any atom is -0.326 e. The highest BCUT2D eigenvalue weighted by molar-refractivity contribution is 7.19. The van der Waals surface area contributed by atoms with Crippen molar-refractivity contribution in [3.63, 3.8) is 0 Å². The summed E-state index contributed by atoms with van der Waals surface area (Å²) in [5, 5.41) is 0.